The molecule has 0 atom stereocenters. The predicted octanol–water partition coefficient (Wildman–Crippen LogP) is 0.883. The van der Waals surface area contributed by atoms with Gasteiger partial charge in [-0.2, -0.15) is 5.10 Å². The van der Waals surface area contributed by atoms with Gasteiger partial charge >= 0.3 is 0 Å². The molecular weight excluding hydrogens is 278 g/mol. The van der Waals surface area contributed by atoms with Gasteiger partial charge in [-0.3, -0.25) is 4.79 Å². The molecule has 0 amide bonds. The summed E-state index contributed by atoms with van der Waals surface area (Å²) in [6.07, 6.45) is 3.15. The highest BCUT2D eigenvalue weighted by Crippen LogP contribution is 2.06. The molecule has 0 fully saturated rings. The largest absolute Gasteiger partial charge is 0.298 e. The average Bonchev–Trinajstić information content (AvgIpc) is 2.86. The normalized spacial score (nSPS) is 11.4. The highest BCUT2D eigenvalue weighted by molar-refractivity contribution is 7.90. The number of nitrogens with zero attached hydrogens (tertiary/aromatic N) is 3. The minimum Gasteiger partial charge on any atom is -0.298 e. The fourth-order valence-corrected chi connectivity index (χ4v) is 2.56. The van der Waals surface area contributed by atoms with Crippen LogP contribution in [-0.2, 0) is 27.6 Å². The number of carbonyl (C=O) groups excluding carboxylic acids is 1. The van der Waals surface area contributed by atoms with Crippen molar-refractivity contribution in [2.24, 2.45) is 0 Å². The number of hydrogen-bond donors (Lipinski definition) is 0. The number of aromatic nitrogens is 3. The van der Waals surface area contributed by atoms with Crippen LogP contribution in [0.1, 0.15) is 12.0 Å². The minimum atomic E-state index is -3.47. The Bertz CT molecular complexity index is 693. The lowest BCUT2D eigenvalue weighted by Crippen LogP contribution is -2.17. The zero-order valence-electron chi connectivity index (χ0n) is 11.1. The molecule has 1 aromatic heterocycles. The molecule has 0 radical (unpaired) electrons. The third-order valence-electron chi connectivity index (χ3n) is 2.77. The third kappa shape index (κ3) is 3.74. The highest BCUT2D eigenvalue weighted by atomic mass is 32.2. The molecule has 6 nitrogen and oxygen atoms in total. The smallest absolute Gasteiger partial charge is 0.245 e. The summed E-state index contributed by atoms with van der Waals surface area (Å²) in [7, 11) is -3.47. The Morgan fingerprint density at radius 3 is 2.60 bits per heavy atom. The van der Waals surface area contributed by atoms with Gasteiger partial charge in [-0.05, 0) is 12.0 Å². The number of rotatable bonds is 6. The first kappa shape index (κ1) is 14.4. The van der Waals surface area contributed by atoms with Gasteiger partial charge in [-0.25, -0.2) is 18.1 Å². The van der Waals surface area contributed by atoms with Crippen LogP contribution in [0.15, 0.2) is 41.8 Å². The summed E-state index contributed by atoms with van der Waals surface area (Å²) in [5.41, 5.74) is 1.07. The summed E-state index contributed by atoms with van der Waals surface area (Å²) < 4.78 is 24.0. The number of hydrogen-bond acceptors (Lipinski definition) is 5. The van der Waals surface area contributed by atoms with Crippen LogP contribution in [0.5, 0.6) is 0 Å². The van der Waals surface area contributed by atoms with Gasteiger partial charge < -0.3 is 0 Å². The molecule has 0 unspecified atom stereocenters. The van der Waals surface area contributed by atoms with Crippen molar-refractivity contribution in [1.82, 2.24) is 14.8 Å². The van der Waals surface area contributed by atoms with Gasteiger partial charge in [0.05, 0.1) is 0 Å². The molecule has 1 aromatic carbocycles. The van der Waals surface area contributed by atoms with Crippen molar-refractivity contribution in [3.05, 3.63) is 42.2 Å². The van der Waals surface area contributed by atoms with E-state index >= 15 is 0 Å². The zero-order chi connectivity index (χ0) is 14.6. The molecule has 0 bridgehead atoms. The fraction of sp³-hybridized carbons (Fsp3) is 0.308. The van der Waals surface area contributed by atoms with Crippen molar-refractivity contribution in [1.29, 1.82) is 0 Å². The maximum absolute atomic E-state index is 11.9. The SMILES string of the molecule is CS(=O)(=O)c1ncnn1CC(=O)CCc1ccccc1. The summed E-state index contributed by atoms with van der Waals surface area (Å²) >= 11 is 0. The third-order valence-corrected chi connectivity index (χ3v) is 3.75. The molecule has 0 saturated carbocycles. The minimum absolute atomic E-state index is 0.0742. The van der Waals surface area contributed by atoms with Crippen molar-refractivity contribution in [3.8, 4) is 0 Å². The van der Waals surface area contributed by atoms with Gasteiger partial charge in [0.15, 0.2) is 5.78 Å². The number of sulfone groups is 1. The van der Waals surface area contributed by atoms with E-state index in [4.69, 9.17) is 0 Å². The Morgan fingerprint density at radius 1 is 1.25 bits per heavy atom. The van der Waals surface area contributed by atoms with Crippen molar-refractivity contribution in [2.45, 2.75) is 24.5 Å². The van der Waals surface area contributed by atoms with Crippen LogP contribution in [0.25, 0.3) is 0 Å². The lowest BCUT2D eigenvalue weighted by atomic mass is 10.1. The van der Waals surface area contributed by atoms with Crippen molar-refractivity contribution >= 4 is 15.6 Å². The number of aryl methyl sites for hydroxylation is 1. The van der Waals surface area contributed by atoms with Gasteiger partial charge in [0, 0.05) is 12.7 Å². The summed E-state index contributed by atoms with van der Waals surface area (Å²) in [5, 5.41) is 3.61. The molecule has 106 valence electrons. The first-order valence-corrected chi connectivity index (χ1v) is 7.99. The molecule has 0 aliphatic heterocycles. The van der Waals surface area contributed by atoms with Crippen molar-refractivity contribution in [2.75, 3.05) is 6.26 Å². The van der Waals surface area contributed by atoms with Crippen molar-refractivity contribution < 1.29 is 13.2 Å². The standard InChI is InChI=1S/C13H15N3O3S/c1-20(18,19)13-14-10-15-16(13)9-12(17)8-7-11-5-3-2-4-6-11/h2-6,10H,7-9H2,1H3. The molecule has 0 aliphatic rings. The molecule has 7 heteroatoms. The summed E-state index contributed by atoms with van der Waals surface area (Å²) in [4.78, 5) is 15.5. The summed E-state index contributed by atoms with van der Waals surface area (Å²) in [6.45, 7) is -0.0742. The topological polar surface area (TPSA) is 81.9 Å². The second-order valence-electron chi connectivity index (χ2n) is 4.50. The maximum atomic E-state index is 11.9. The maximum Gasteiger partial charge on any atom is 0.245 e. The monoisotopic (exact) mass is 293 g/mol. The van der Waals surface area contributed by atoms with E-state index in [0.717, 1.165) is 22.8 Å². The number of ketones is 1. The van der Waals surface area contributed by atoms with Gasteiger partial charge in [0.2, 0.25) is 15.0 Å². The Hall–Kier alpha value is -2.02. The molecule has 20 heavy (non-hydrogen) atoms. The van der Waals surface area contributed by atoms with Crippen LogP contribution < -0.4 is 0 Å². The van der Waals surface area contributed by atoms with E-state index in [9.17, 15) is 13.2 Å². The molecule has 0 aliphatic carbocycles. The van der Waals surface area contributed by atoms with E-state index in [2.05, 4.69) is 10.1 Å². The molecule has 2 aromatic rings. The second-order valence-corrected chi connectivity index (χ2v) is 6.41. The zero-order valence-corrected chi connectivity index (χ0v) is 11.9. The number of Topliss-reactive ketones (excluding diaryl/α,β-unsaturated/α-hetero) is 1. The van der Waals surface area contributed by atoms with E-state index in [0.29, 0.717) is 12.8 Å². The Labute approximate surface area is 117 Å². The Balaban J connectivity index is 1.97. The van der Waals surface area contributed by atoms with E-state index in [1.165, 1.54) is 0 Å². The quantitative estimate of drug-likeness (QED) is 0.789. The first-order chi connectivity index (χ1) is 9.47. The molecule has 0 N–H and O–H groups in total. The molecule has 2 rings (SSSR count). The van der Waals surface area contributed by atoms with Crippen LogP contribution in [0.4, 0.5) is 0 Å². The van der Waals surface area contributed by atoms with E-state index in [1.54, 1.807) is 0 Å². The highest BCUT2D eigenvalue weighted by Gasteiger charge is 2.17. The van der Waals surface area contributed by atoms with Gasteiger partial charge in [0.25, 0.3) is 0 Å². The molecular formula is C13H15N3O3S. The lowest BCUT2D eigenvalue weighted by Gasteiger charge is -2.04. The fourth-order valence-electron chi connectivity index (χ4n) is 1.82. The number of benzene rings is 1. The van der Waals surface area contributed by atoms with Crippen molar-refractivity contribution in [3.63, 3.8) is 0 Å². The molecule has 1 heterocycles. The predicted molar refractivity (Wildman–Crippen MR) is 72.9 cm³/mol. The second kappa shape index (κ2) is 5.96. The average molecular weight is 293 g/mol. The van der Waals surface area contributed by atoms with Crippen LogP contribution in [0.2, 0.25) is 0 Å². The van der Waals surface area contributed by atoms with Gasteiger partial charge in [-0.1, -0.05) is 30.3 Å². The first-order valence-electron chi connectivity index (χ1n) is 6.10. The van der Waals surface area contributed by atoms with E-state index in [1.807, 2.05) is 30.3 Å². The van der Waals surface area contributed by atoms with Gasteiger partial charge in [-0.15, -0.1) is 0 Å². The van der Waals surface area contributed by atoms with Crippen LogP contribution in [0.3, 0.4) is 0 Å². The lowest BCUT2D eigenvalue weighted by molar-refractivity contribution is -0.119. The van der Waals surface area contributed by atoms with Gasteiger partial charge in [0.1, 0.15) is 12.9 Å². The van der Waals surface area contributed by atoms with E-state index < -0.39 is 9.84 Å². The Morgan fingerprint density at radius 2 is 1.95 bits per heavy atom. The summed E-state index contributed by atoms with van der Waals surface area (Å²) in [6, 6.07) is 9.65. The molecule has 0 saturated heterocycles. The van der Waals surface area contributed by atoms with E-state index in [-0.39, 0.29) is 17.5 Å². The Kier molecular flexibility index (Phi) is 4.29. The van der Waals surface area contributed by atoms with Crippen LogP contribution in [0, 0.1) is 0 Å². The summed E-state index contributed by atoms with van der Waals surface area (Å²) in [5.74, 6) is -0.0794. The van der Waals surface area contributed by atoms with Crippen LogP contribution in [-0.4, -0.2) is 35.2 Å². The number of carbonyl (C=O) groups is 1. The van der Waals surface area contributed by atoms with Crippen LogP contribution >= 0.6 is 0 Å². The molecule has 0 spiro atoms.